The van der Waals surface area contributed by atoms with Gasteiger partial charge >= 0.3 is 5.97 Å². The minimum Gasteiger partial charge on any atom is -0.465 e. The fraction of sp³-hybridized carbons (Fsp3) is 0.875. The van der Waals surface area contributed by atoms with E-state index < -0.39 is 0 Å². The van der Waals surface area contributed by atoms with Crippen molar-refractivity contribution in [3.63, 3.8) is 0 Å². The van der Waals surface area contributed by atoms with Gasteiger partial charge in [-0.2, -0.15) is 5.48 Å². The van der Waals surface area contributed by atoms with Crippen LogP contribution >= 0.6 is 0 Å². The Hall–Kier alpha value is -0.610. The Morgan fingerprint density at radius 1 is 1.50 bits per heavy atom. The molecule has 0 rings (SSSR count). The van der Waals surface area contributed by atoms with Gasteiger partial charge in [-0.25, -0.2) is 0 Å². The Morgan fingerprint density at radius 3 is 2.58 bits per heavy atom. The quantitative estimate of drug-likeness (QED) is 0.480. The molecule has 0 aromatic heterocycles. The van der Waals surface area contributed by atoms with Gasteiger partial charge in [0.25, 0.3) is 0 Å². The van der Waals surface area contributed by atoms with Gasteiger partial charge in [0.1, 0.15) is 6.04 Å². The highest BCUT2D eigenvalue weighted by Gasteiger charge is 2.17. The number of carbonyl (C=O) groups excluding carboxylic acids is 1. The van der Waals surface area contributed by atoms with Crippen LogP contribution in [0.15, 0.2) is 0 Å². The van der Waals surface area contributed by atoms with Crippen molar-refractivity contribution in [1.82, 2.24) is 5.48 Å². The molecule has 0 amide bonds. The topological polar surface area (TPSA) is 47.6 Å². The lowest BCUT2D eigenvalue weighted by Crippen LogP contribution is -2.37. The summed E-state index contributed by atoms with van der Waals surface area (Å²) in [6.07, 6.45) is 1.65. The molecule has 0 aliphatic rings. The molecule has 0 saturated heterocycles. The lowest BCUT2D eigenvalue weighted by molar-refractivity contribution is -0.149. The molecule has 0 radical (unpaired) electrons. The Morgan fingerprint density at radius 2 is 2.17 bits per heavy atom. The SMILES string of the molecule is CCCC(NOC)C(=O)OCC. The first-order chi connectivity index (χ1) is 5.76. The van der Waals surface area contributed by atoms with Crippen molar-refractivity contribution in [2.45, 2.75) is 32.7 Å². The fourth-order valence-electron chi connectivity index (χ4n) is 0.899. The van der Waals surface area contributed by atoms with Gasteiger partial charge in [-0.1, -0.05) is 13.3 Å². The van der Waals surface area contributed by atoms with Crippen LogP contribution in [0.2, 0.25) is 0 Å². The molecule has 1 N–H and O–H groups in total. The predicted molar refractivity (Wildman–Crippen MR) is 45.5 cm³/mol. The van der Waals surface area contributed by atoms with Crippen molar-refractivity contribution >= 4 is 5.97 Å². The maximum atomic E-state index is 11.2. The number of nitrogens with one attached hydrogen (secondary N) is 1. The third-order valence-electron chi connectivity index (χ3n) is 1.41. The number of esters is 1. The zero-order valence-corrected chi connectivity index (χ0v) is 7.92. The van der Waals surface area contributed by atoms with Crippen LogP contribution in [0, 0.1) is 0 Å². The van der Waals surface area contributed by atoms with Crippen molar-refractivity contribution in [3.05, 3.63) is 0 Å². The van der Waals surface area contributed by atoms with Crippen LogP contribution in [-0.2, 0) is 14.4 Å². The summed E-state index contributed by atoms with van der Waals surface area (Å²) in [6.45, 7) is 4.20. The van der Waals surface area contributed by atoms with Crippen LogP contribution in [0.25, 0.3) is 0 Å². The van der Waals surface area contributed by atoms with Crippen molar-refractivity contribution in [2.75, 3.05) is 13.7 Å². The summed E-state index contributed by atoms with van der Waals surface area (Å²) in [5, 5.41) is 0. The molecule has 0 bridgehead atoms. The molecular formula is C8H17NO3. The summed E-state index contributed by atoms with van der Waals surface area (Å²) < 4.78 is 4.83. The third kappa shape index (κ3) is 4.31. The summed E-state index contributed by atoms with van der Waals surface area (Å²) in [4.78, 5) is 15.8. The molecule has 4 heteroatoms. The van der Waals surface area contributed by atoms with Crippen molar-refractivity contribution in [3.8, 4) is 0 Å². The van der Waals surface area contributed by atoms with Crippen LogP contribution in [0.5, 0.6) is 0 Å². The molecule has 0 heterocycles. The highest BCUT2D eigenvalue weighted by Crippen LogP contribution is 1.98. The Balaban J connectivity index is 3.81. The van der Waals surface area contributed by atoms with E-state index in [2.05, 4.69) is 10.3 Å². The molecule has 0 aromatic carbocycles. The van der Waals surface area contributed by atoms with E-state index in [1.165, 1.54) is 7.11 Å². The molecule has 72 valence electrons. The molecule has 12 heavy (non-hydrogen) atoms. The lowest BCUT2D eigenvalue weighted by atomic mass is 10.2. The molecule has 0 fully saturated rings. The second-order valence-corrected chi connectivity index (χ2v) is 2.42. The fourth-order valence-corrected chi connectivity index (χ4v) is 0.899. The van der Waals surface area contributed by atoms with Crippen LogP contribution < -0.4 is 5.48 Å². The van der Waals surface area contributed by atoms with Gasteiger partial charge in [0.15, 0.2) is 0 Å². The van der Waals surface area contributed by atoms with Crippen LogP contribution in [0.1, 0.15) is 26.7 Å². The van der Waals surface area contributed by atoms with E-state index in [0.717, 1.165) is 12.8 Å². The van der Waals surface area contributed by atoms with E-state index >= 15 is 0 Å². The van der Waals surface area contributed by atoms with E-state index in [9.17, 15) is 4.79 Å². The summed E-state index contributed by atoms with van der Waals surface area (Å²) >= 11 is 0. The number of hydrogen-bond acceptors (Lipinski definition) is 4. The third-order valence-corrected chi connectivity index (χ3v) is 1.41. The van der Waals surface area contributed by atoms with E-state index in [-0.39, 0.29) is 12.0 Å². The Kier molecular flexibility index (Phi) is 6.70. The zero-order chi connectivity index (χ0) is 9.40. The number of ether oxygens (including phenoxy) is 1. The molecule has 4 nitrogen and oxygen atoms in total. The standard InChI is InChI=1S/C8H17NO3/c1-4-6-7(9-11-3)8(10)12-5-2/h7,9H,4-6H2,1-3H3. The molecule has 0 saturated carbocycles. The summed E-state index contributed by atoms with van der Waals surface area (Å²) in [6, 6.07) is -0.333. The first-order valence-corrected chi connectivity index (χ1v) is 4.21. The van der Waals surface area contributed by atoms with E-state index in [0.29, 0.717) is 6.61 Å². The molecule has 1 atom stereocenters. The molecule has 0 spiro atoms. The molecule has 0 aliphatic heterocycles. The van der Waals surface area contributed by atoms with Gasteiger partial charge in [-0.3, -0.25) is 4.79 Å². The highest BCUT2D eigenvalue weighted by molar-refractivity contribution is 5.75. The van der Waals surface area contributed by atoms with Gasteiger partial charge in [0.2, 0.25) is 0 Å². The highest BCUT2D eigenvalue weighted by atomic mass is 16.6. The first kappa shape index (κ1) is 11.4. The maximum absolute atomic E-state index is 11.2. The van der Waals surface area contributed by atoms with E-state index in [1.54, 1.807) is 6.92 Å². The number of hydrogen-bond donors (Lipinski definition) is 1. The first-order valence-electron chi connectivity index (χ1n) is 4.21. The second kappa shape index (κ2) is 7.06. The summed E-state index contributed by atoms with van der Waals surface area (Å²) in [7, 11) is 1.49. The normalized spacial score (nSPS) is 12.6. The molecule has 1 unspecified atom stereocenters. The predicted octanol–water partition coefficient (Wildman–Crippen LogP) is 0.869. The van der Waals surface area contributed by atoms with Gasteiger partial charge in [-0.15, -0.1) is 0 Å². The second-order valence-electron chi connectivity index (χ2n) is 2.42. The van der Waals surface area contributed by atoms with Crippen molar-refractivity contribution in [2.24, 2.45) is 0 Å². The molecular weight excluding hydrogens is 158 g/mol. The Labute approximate surface area is 73.2 Å². The largest absolute Gasteiger partial charge is 0.465 e. The van der Waals surface area contributed by atoms with Gasteiger partial charge < -0.3 is 9.57 Å². The van der Waals surface area contributed by atoms with Crippen LogP contribution in [-0.4, -0.2) is 25.7 Å². The maximum Gasteiger partial charge on any atom is 0.325 e. The van der Waals surface area contributed by atoms with Gasteiger partial charge in [0.05, 0.1) is 13.7 Å². The minimum absolute atomic E-state index is 0.249. The lowest BCUT2D eigenvalue weighted by Gasteiger charge is -2.14. The molecule has 0 aliphatic carbocycles. The monoisotopic (exact) mass is 175 g/mol. The number of carbonyl (C=O) groups is 1. The number of hydroxylamine groups is 1. The smallest absolute Gasteiger partial charge is 0.325 e. The molecule has 0 aromatic rings. The van der Waals surface area contributed by atoms with Crippen molar-refractivity contribution < 1.29 is 14.4 Å². The Bertz CT molecular complexity index is 121. The summed E-state index contributed by atoms with van der Waals surface area (Å²) in [5.41, 5.74) is 2.59. The van der Waals surface area contributed by atoms with E-state index in [1.807, 2.05) is 6.92 Å². The van der Waals surface area contributed by atoms with Gasteiger partial charge in [0, 0.05) is 0 Å². The zero-order valence-electron chi connectivity index (χ0n) is 7.92. The average Bonchev–Trinajstić information content (AvgIpc) is 2.04. The van der Waals surface area contributed by atoms with E-state index in [4.69, 9.17) is 4.74 Å². The van der Waals surface area contributed by atoms with Gasteiger partial charge in [-0.05, 0) is 13.3 Å². The number of rotatable bonds is 6. The van der Waals surface area contributed by atoms with Crippen molar-refractivity contribution in [1.29, 1.82) is 0 Å². The van der Waals surface area contributed by atoms with Crippen LogP contribution in [0.4, 0.5) is 0 Å². The summed E-state index contributed by atoms with van der Waals surface area (Å²) in [5.74, 6) is -0.249. The van der Waals surface area contributed by atoms with Crippen LogP contribution in [0.3, 0.4) is 0 Å². The minimum atomic E-state index is -0.333. The average molecular weight is 175 g/mol.